The van der Waals surface area contributed by atoms with Crippen molar-refractivity contribution in [2.45, 2.75) is 66.0 Å². The molecule has 0 saturated heterocycles. The lowest BCUT2D eigenvalue weighted by molar-refractivity contribution is -0.122. The summed E-state index contributed by atoms with van der Waals surface area (Å²) in [5.74, 6) is 0.506. The molecule has 5 nitrogen and oxygen atoms in total. The van der Waals surface area contributed by atoms with Crippen LogP contribution in [0.25, 0.3) is 0 Å². The summed E-state index contributed by atoms with van der Waals surface area (Å²) in [5, 5.41) is 5.81. The average molecular weight is 319 g/mol. The van der Waals surface area contributed by atoms with Crippen molar-refractivity contribution in [1.29, 1.82) is 0 Å². The van der Waals surface area contributed by atoms with E-state index in [4.69, 9.17) is 0 Å². The first kappa shape index (κ1) is 19.1. The van der Waals surface area contributed by atoms with Crippen LogP contribution in [0.2, 0.25) is 0 Å². The lowest BCUT2D eigenvalue weighted by Crippen LogP contribution is -2.32. The Kier molecular flexibility index (Phi) is 7.72. The molecular formula is C18H29N3O2. The minimum Gasteiger partial charge on any atom is -0.354 e. The van der Waals surface area contributed by atoms with E-state index in [0.29, 0.717) is 18.0 Å². The minimum atomic E-state index is -0.164. The third-order valence-electron chi connectivity index (χ3n) is 3.39. The van der Waals surface area contributed by atoms with Crippen molar-refractivity contribution in [3.63, 3.8) is 0 Å². The number of carbonyl (C=O) groups is 2. The van der Waals surface area contributed by atoms with Crippen LogP contribution >= 0.6 is 0 Å². The molecule has 0 aliphatic rings. The summed E-state index contributed by atoms with van der Waals surface area (Å²) >= 11 is 0. The molecule has 1 heterocycles. The summed E-state index contributed by atoms with van der Waals surface area (Å²) in [4.78, 5) is 28.2. The maximum absolute atomic E-state index is 11.9. The Balaban J connectivity index is 2.61. The molecule has 1 aromatic heterocycles. The third-order valence-corrected chi connectivity index (χ3v) is 3.39. The topological polar surface area (TPSA) is 71.1 Å². The van der Waals surface area contributed by atoms with Gasteiger partial charge in [0.05, 0.1) is 23.9 Å². The van der Waals surface area contributed by atoms with Gasteiger partial charge >= 0.3 is 0 Å². The van der Waals surface area contributed by atoms with Crippen LogP contribution in [-0.2, 0) is 16.0 Å². The normalized spacial score (nSPS) is 12.3. The second-order valence-electron chi connectivity index (χ2n) is 6.67. The van der Waals surface area contributed by atoms with Crippen molar-refractivity contribution in [3.05, 3.63) is 29.6 Å². The summed E-state index contributed by atoms with van der Waals surface area (Å²) in [6, 6.07) is 5.53. The second-order valence-corrected chi connectivity index (χ2v) is 6.67. The first-order chi connectivity index (χ1) is 10.8. The molecule has 128 valence electrons. The smallest absolute Gasteiger partial charge is 0.226 e. The number of hydrogen-bond donors (Lipinski definition) is 2. The van der Waals surface area contributed by atoms with E-state index in [0.717, 1.165) is 12.1 Å². The maximum atomic E-state index is 11.9. The molecule has 0 aromatic carbocycles. The number of rotatable bonds is 8. The maximum Gasteiger partial charge on any atom is 0.226 e. The van der Waals surface area contributed by atoms with Gasteiger partial charge in [0, 0.05) is 12.5 Å². The zero-order chi connectivity index (χ0) is 17.4. The summed E-state index contributed by atoms with van der Waals surface area (Å²) in [7, 11) is 0. The van der Waals surface area contributed by atoms with Crippen LogP contribution in [0.5, 0.6) is 0 Å². The first-order valence-corrected chi connectivity index (χ1v) is 8.32. The van der Waals surface area contributed by atoms with Crippen molar-refractivity contribution < 1.29 is 9.59 Å². The Labute approximate surface area is 139 Å². The highest BCUT2D eigenvalue weighted by Gasteiger charge is 2.13. The molecule has 0 aliphatic carbocycles. The molecule has 0 aliphatic heterocycles. The molecule has 1 aromatic rings. The molecule has 1 atom stereocenters. The van der Waals surface area contributed by atoms with Crippen molar-refractivity contribution >= 4 is 11.8 Å². The molecule has 0 radical (unpaired) electrons. The lowest BCUT2D eigenvalue weighted by atomic mass is 10.1. The number of nitrogens with zero attached hydrogens (tertiary/aromatic N) is 1. The van der Waals surface area contributed by atoms with Crippen LogP contribution < -0.4 is 10.6 Å². The Morgan fingerprint density at radius 3 is 2.35 bits per heavy atom. The standard InChI is InChI=1S/C18H29N3O2/c1-12(2)9-10-17(22)20-14(5)16-8-6-7-15(21-16)11-18(23)19-13(3)4/h6-8,12-14H,9-11H2,1-5H3,(H,19,23)(H,20,22). The Morgan fingerprint density at radius 2 is 1.74 bits per heavy atom. The van der Waals surface area contributed by atoms with E-state index in [1.807, 2.05) is 39.0 Å². The molecule has 2 N–H and O–H groups in total. The highest BCUT2D eigenvalue weighted by Crippen LogP contribution is 2.12. The monoisotopic (exact) mass is 319 g/mol. The molecule has 0 fully saturated rings. The van der Waals surface area contributed by atoms with E-state index >= 15 is 0 Å². The van der Waals surface area contributed by atoms with Crippen LogP contribution in [0.1, 0.15) is 64.9 Å². The second kappa shape index (κ2) is 9.28. The zero-order valence-electron chi connectivity index (χ0n) is 14.8. The van der Waals surface area contributed by atoms with Gasteiger partial charge in [-0.25, -0.2) is 0 Å². The molecule has 0 bridgehead atoms. The Bertz CT molecular complexity index is 527. The summed E-state index contributed by atoms with van der Waals surface area (Å²) in [6.07, 6.45) is 1.65. The lowest BCUT2D eigenvalue weighted by Gasteiger charge is -2.15. The van der Waals surface area contributed by atoms with E-state index in [-0.39, 0.29) is 30.3 Å². The highest BCUT2D eigenvalue weighted by molar-refractivity contribution is 5.78. The van der Waals surface area contributed by atoms with E-state index in [1.54, 1.807) is 0 Å². The van der Waals surface area contributed by atoms with Gasteiger partial charge in [0.1, 0.15) is 0 Å². The van der Waals surface area contributed by atoms with Crippen LogP contribution in [0.3, 0.4) is 0 Å². The predicted octanol–water partition coefficient (Wildman–Crippen LogP) is 2.76. The average Bonchev–Trinajstić information content (AvgIpc) is 2.44. The van der Waals surface area contributed by atoms with E-state index < -0.39 is 0 Å². The molecule has 0 spiro atoms. The van der Waals surface area contributed by atoms with Crippen molar-refractivity contribution in [2.24, 2.45) is 5.92 Å². The van der Waals surface area contributed by atoms with Gasteiger partial charge in [-0.15, -0.1) is 0 Å². The van der Waals surface area contributed by atoms with E-state index in [2.05, 4.69) is 29.5 Å². The van der Waals surface area contributed by atoms with Gasteiger partial charge < -0.3 is 10.6 Å². The van der Waals surface area contributed by atoms with Crippen LogP contribution in [0.15, 0.2) is 18.2 Å². The van der Waals surface area contributed by atoms with Gasteiger partial charge in [-0.1, -0.05) is 19.9 Å². The molecular weight excluding hydrogens is 290 g/mol. The van der Waals surface area contributed by atoms with Gasteiger partial charge in [-0.3, -0.25) is 14.6 Å². The number of carbonyl (C=O) groups excluding carboxylic acids is 2. The number of nitrogens with one attached hydrogen (secondary N) is 2. The van der Waals surface area contributed by atoms with Gasteiger partial charge in [-0.2, -0.15) is 0 Å². The number of amides is 2. The largest absolute Gasteiger partial charge is 0.354 e. The third kappa shape index (κ3) is 7.77. The molecule has 0 saturated carbocycles. The SMILES string of the molecule is CC(C)CCC(=O)NC(C)c1cccc(CC(=O)NC(C)C)n1. The Morgan fingerprint density at radius 1 is 1.04 bits per heavy atom. The number of pyridine rings is 1. The quantitative estimate of drug-likeness (QED) is 0.774. The summed E-state index contributed by atoms with van der Waals surface area (Å²) in [5.41, 5.74) is 1.49. The Hall–Kier alpha value is -1.91. The molecule has 1 rings (SSSR count). The van der Waals surface area contributed by atoms with Gasteiger partial charge in [0.2, 0.25) is 11.8 Å². The fourth-order valence-electron chi connectivity index (χ4n) is 2.18. The van der Waals surface area contributed by atoms with Crippen molar-refractivity contribution in [1.82, 2.24) is 15.6 Å². The molecule has 23 heavy (non-hydrogen) atoms. The van der Waals surface area contributed by atoms with E-state index in [9.17, 15) is 9.59 Å². The summed E-state index contributed by atoms with van der Waals surface area (Å²) in [6.45, 7) is 9.97. The fourth-order valence-corrected chi connectivity index (χ4v) is 2.18. The molecule has 2 amide bonds. The molecule has 1 unspecified atom stereocenters. The first-order valence-electron chi connectivity index (χ1n) is 8.32. The van der Waals surface area contributed by atoms with Gasteiger partial charge in [-0.05, 0) is 45.2 Å². The van der Waals surface area contributed by atoms with Gasteiger partial charge in [0.25, 0.3) is 0 Å². The van der Waals surface area contributed by atoms with Crippen molar-refractivity contribution in [2.75, 3.05) is 0 Å². The van der Waals surface area contributed by atoms with Crippen LogP contribution in [-0.4, -0.2) is 22.8 Å². The zero-order valence-corrected chi connectivity index (χ0v) is 14.8. The highest BCUT2D eigenvalue weighted by atomic mass is 16.2. The molecule has 5 heteroatoms. The van der Waals surface area contributed by atoms with Crippen molar-refractivity contribution in [3.8, 4) is 0 Å². The number of aromatic nitrogens is 1. The van der Waals surface area contributed by atoms with E-state index in [1.165, 1.54) is 0 Å². The minimum absolute atomic E-state index is 0.0379. The van der Waals surface area contributed by atoms with Crippen LogP contribution in [0.4, 0.5) is 0 Å². The predicted molar refractivity (Wildman–Crippen MR) is 91.8 cm³/mol. The fraction of sp³-hybridized carbons (Fsp3) is 0.611. The number of hydrogen-bond acceptors (Lipinski definition) is 3. The van der Waals surface area contributed by atoms with Crippen LogP contribution in [0, 0.1) is 5.92 Å². The van der Waals surface area contributed by atoms with Gasteiger partial charge in [0.15, 0.2) is 0 Å². The summed E-state index contributed by atoms with van der Waals surface area (Å²) < 4.78 is 0.